The maximum atomic E-state index is 12.0. The molecular weight excluding hydrogens is 350 g/mol. The van der Waals surface area contributed by atoms with E-state index in [4.69, 9.17) is 18.9 Å². The summed E-state index contributed by atoms with van der Waals surface area (Å²) in [6.07, 6.45) is -0.257. The van der Waals surface area contributed by atoms with Crippen LogP contribution >= 0.6 is 0 Å². The smallest absolute Gasteiger partial charge is 0.338 e. The van der Waals surface area contributed by atoms with Gasteiger partial charge in [0.2, 0.25) is 0 Å². The van der Waals surface area contributed by atoms with Gasteiger partial charge in [-0.3, -0.25) is 4.79 Å². The van der Waals surface area contributed by atoms with Gasteiger partial charge in [-0.1, -0.05) is 12.1 Å². The Morgan fingerprint density at radius 2 is 1.85 bits per heavy atom. The van der Waals surface area contributed by atoms with Crippen molar-refractivity contribution in [3.8, 4) is 17.2 Å². The molecule has 1 aliphatic rings. The number of amides is 1. The summed E-state index contributed by atoms with van der Waals surface area (Å²) in [4.78, 5) is 23.5. The van der Waals surface area contributed by atoms with Gasteiger partial charge >= 0.3 is 5.97 Å². The fourth-order valence-electron chi connectivity index (χ4n) is 2.49. The van der Waals surface area contributed by atoms with Crippen molar-refractivity contribution >= 4 is 11.9 Å². The van der Waals surface area contributed by atoms with Gasteiger partial charge in [0.25, 0.3) is 5.91 Å². The molecule has 0 spiro atoms. The normalized spacial score (nSPS) is 14.9. The van der Waals surface area contributed by atoms with E-state index in [2.05, 4.69) is 5.32 Å². The number of nitrogens with one attached hydrogen (secondary N) is 1. The molecule has 1 N–H and O–H groups in total. The van der Waals surface area contributed by atoms with Crippen LogP contribution in [0.4, 0.5) is 0 Å². The van der Waals surface area contributed by atoms with Crippen molar-refractivity contribution in [3.63, 3.8) is 0 Å². The minimum absolute atomic E-state index is 0.136. The summed E-state index contributed by atoms with van der Waals surface area (Å²) < 4.78 is 21.7. The third kappa shape index (κ3) is 5.13. The molecule has 1 aliphatic heterocycles. The number of esters is 1. The summed E-state index contributed by atoms with van der Waals surface area (Å²) in [6, 6.07) is 13.8. The van der Waals surface area contributed by atoms with Crippen LogP contribution in [0.25, 0.3) is 0 Å². The Kier molecular flexibility index (Phi) is 6.14. The zero-order valence-corrected chi connectivity index (χ0v) is 15.0. The van der Waals surface area contributed by atoms with Gasteiger partial charge in [-0.05, 0) is 43.3 Å². The van der Waals surface area contributed by atoms with E-state index in [-0.39, 0.29) is 18.6 Å². The summed E-state index contributed by atoms with van der Waals surface area (Å²) >= 11 is 0. The highest BCUT2D eigenvalue weighted by Gasteiger charge is 2.21. The predicted octanol–water partition coefficient (Wildman–Crippen LogP) is 2.20. The zero-order chi connectivity index (χ0) is 19.1. The van der Waals surface area contributed by atoms with Crippen LogP contribution in [0.1, 0.15) is 17.3 Å². The fourth-order valence-corrected chi connectivity index (χ4v) is 2.49. The first kappa shape index (κ1) is 18.6. The summed E-state index contributed by atoms with van der Waals surface area (Å²) in [5, 5.41) is 2.76. The van der Waals surface area contributed by atoms with Crippen molar-refractivity contribution in [1.82, 2.24) is 5.32 Å². The third-order valence-electron chi connectivity index (χ3n) is 3.83. The Morgan fingerprint density at radius 3 is 2.59 bits per heavy atom. The number of benzene rings is 2. The van der Waals surface area contributed by atoms with Crippen molar-refractivity contribution < 1.29 is 28.5 Å². The van der Waals surface area contributed by atoms with Crippen molar-refractivity contribution in [1.29, 1.82) is 0 Å². The molecule has 1 atom stereocenters. The Hall–Kier alpha value is -3.22. The number of hydrogen-bond donors (Lipinski definition) is 1. The Bertz CT molecular complexity index is 789. The van der Waals surface area contributed by atoms with Crippen LogP contribution in [0.5, 0.6) is 17.2 Å². The lowest BCUT2D eigenvalue weighted by atomic mass is 10.2. The molecule has 3 rings (SSSR count). The van der Waals surface area contributed by atoms with Crippen LogP contribution in [-0.2, 0) is 9.53 Å². The third-order valence-corrected chi connectivity index (χ3v) is 3.83. The van der Waals surface area contributed by atoms with Gasteiger partial charge in [-0.2, -0.15) is 0 Å². The van der Waals surface area contributed by atoms with Gasteiger partial charge in [0.1, 0.15) is 18.5 Å². The number of hydrogen-bond acceptors (Lipinski definition) is 6. The molecule has 27 heavy (non-hydrogen) atoms. The maximum Gasteiger partial charge on any atom is 0.338 e. The molecule has 0 fully saturated rings. The summed E-state index contributed by atoms with van der Waals surface area (Å²) in [6.45, 7) is 2.62. The van der Waals surface area contributed by atoms with Crippen molar-refractivity contribution in [2.24, 2.45) is 0 Å². The van der Waals surface area contributed by atoms with Crippen LogP contribution in [0.2, 0.25) is 0 Å². The van der Waals surface area contributed by atoms with Gasteiger partial charge in [0.15, 0.2) is 18.1 Å². The van der Waals surface area contributed by atoms with Gasteiger partial charge in [-0.25, -0.2) is 4.79 Å². The lowest BCUT2D eigenvalue weighted by Crippen LogP contribution is -2.42. The van der Waals surface area contributed by atoms with E-state index >= 15 is 0 Å². The highest BCUT2D eigenvalue weighted by molar-refractivity contribution is 5.89. The SMILES string of the molecule is CCOC(=O)c1ccc(OCC(=O)NC[C@H]2COc3ccccc3O2)cc1. The summed E-state index contributed by atoms with van der Waals surface area (Å²) in [7, 11) is 0. The second-order valence-electron chi connectivity index (χ2n) is 5.84. The highest BCUT2D eigenvalue weighted by atomic mass is 16.6. The Balaban J connectivity index is 1.40. The molecule has 0 aromatic heterocycles. The molecule has 7 nitrogen and oxygen atoms in total. The topological polar surface area (TPSA) is 83.1 Å². The summed E-state index contributed by atoms with van der Waals surface area (Å²) in [5.74, 6) is 1.20. The summed E-state index contributed by atoms with van der Waals surface area (Å²) in [5.41, 5.74) is 0.434. The molecule has 0 radical (unpaired) electrons. The van der Waals surface area contributed by atoms with E-state index in [0.717, 1.165) is 0 Å². The molecule has 0 saturated carbocycles. The number of fused-ring (bicyclic) bond motifs is 1. The lowest BCUT2D eigenvalue weighted by molar-refractivity contribution is -0.123. The second kappa shape index (κ2) is 8.93. The molecule has 2 aromatic carbocycles. The van der Waals surface area contributed by atoms with E-state index in [1.165, 1.54) is 0 Å². The molecule has 0 aliphatic carbocycles. The molecule has 1 heterocycles. The van der Waals surface area contributed by atoms with Gasteiger partial charge in [0.05, 0.1) is 18.7 Å². The monoisotopic (exact) mass is 371 g/mol. The van der Waals surface area contributed by atoms with Crippen LogP contribution in [-0.4, -0.2) is 44.3 Å². The average Bonchev–Trinajstić information content (AvgIpc) is 2.71. The number of para-hydroxylation sites is 2. The predicted molar refractivity (Wildman–Crippen MR) is 97.3 cm³/mol. The van der Waals surface area contributed by atoms with Crippen LogP contribution in [0.3, 0.4) is 0 Å². The van der Waals surface area contributed by atoms with Gasteiger partial charge < -0.3 is 24.3 Å². The molecule has 7 heteroatoms. The second-order valence-corrected chi connectivity index (χ2v) is 5.84. The molecule has 2 aromatic rings. The lowest BCUT2D eigenvalue weighted by Gasteiger charge is -2.26. The average molecular weight is 371 g/mol. The molecule has 0 bridgehead atoms. The van der Waals surface area contributed by atoms with E-state index in [0.29, 0.717) is 42.6 Å². The Morgan fingerprint density at radius 1 is 1.11 bits per heavy atom. The van der Waals surface area contributed by atoms with Crippen LogP contribution in [0.15, 0.2) is 48.5 Å². The van der Waals surface area contributed by atoms with E-state index in [9.17, 15) is 9.59 Å². The Labute approximate surface area is 157 Å². The zero-order valence-electron chi connectivity index (χ0n) is 15.0. The van der Waals surface area contributed by atoms with Crippen molar-refractivity contribution in [3.05, 3.63) is 54.1 Å². The first-order valence-electron chi connectivity index (χ1n) is 8.71. The number of carbonyl (C=O) groups excluding carboxylic acids is 2. The maximum absolute atomic E-state index is 12.0. The first-order valence-corrected chi connectivity index (χ1v) is 8.71. The van der Waals surface area contributed by atoms with Crippen molar-refractivity contribution in [2.45, 2.75) is 13.0 Å². The minimum Gasteiger partial charge on any atom is -0.486 e. The largest absolute Gasteiger partial charge is 0.486 e. The van der Waals surface area contributed by atoms with Crippen molar-refractivity contribution in [2.75, 3.05) is 26.4 Å². The number of carbonyl (C=O) groups is 2. The standard InChI is InChI=1S/C20H21NO6/c1-2-24-20(23)14-7-9-15(10-8-14)25-13-19(22)21-11-16-12-26-17-5-3-4-6-18(17)27-16/h3-10,16H,2,11-13H2,1H3,(H,21,22)/t16-/m0/s1. The number of rotatable bonds is 7. The van der Waals surface area contributed by atoms with E-state index in [1.54, 1.807) is 31.2 Å². The fraction of sp³-hybridized carbons (Fsp3) is 0.300. The molecule has 0 unspecified atom stereocenters. The minimum atomic E-state index is -0.391. The molecule has 1 amide bonds. The molecular formula is C20H21NO6. The van der Waals surface area contributed by atoms with E-state index in [1.807, 2.05) is 24.3 Å². The van der Waals surface area contributed by atoms with Gasteiger partial charge in [-0.15, -0.1) is 0 Å². The first-order chi connectivity index (χ1) is 13.2. The molecule has 0 saturated heterocycles. The quantitative estimate of drug-likeness (QED) is 0.752. The van der Waals surface area contributed by atoms with Crippen LogP contribution in [0, 0.1) is 0 Å². The highest BCUT2D eigenvalue weighted by Crippen LogP contribution is 2.30. The number of ether oxygens (including phenoxy) is 4. The molecule has 142 valence electrons. The van der Waals surface area contributed by atoms with Gasteiger partial charge in [0, 0.05) is 0 Å². The van der Waals surface area contributed by atoms with E-state index < -0.39 is 5.97 Å². The van der Waals surface area contributed by atoms with Crippen LogP contribution < -0.4 is 19.5 Å².